The van der Waals surface area contributed by atoms with Crippen LogP contribution in [0.15, 0.2) is 41.4 Å². The molecule has 3 aromatic rings. The van der Waals surface area contributed by atoms with Gasteiger partial charge in [-0.05, 0) is 80.8 Å². The molecule has 7 rings (SSSR count). The topological polar surface area (TPSA) is 77.1 Å². The van der Waals surface area contributed by atoms with E-state index in [0.29, 0.717) is 18.2 Å². The highest BCUT2D eigenvalue weighted by Crippen LogP contribution is 2.36. The Balaban J connectivity index is 1.13. The van der Waals surface area contributed by atoms with Gasteiger partial charge in [-0.2, -0.15) is 0 Å². The number of hydrogen-bond acceptors (Lipinski definition) is 5. The van der Waals surface area contributed by atoms with E-state index in [2.05, 4.69) is 44.1 Å². The van der Waals surface area contributed by atoms with Crippen LogP contribution in [0.4, 0.5) is 4.39 Å². The van der Waals surface area contributed by atoms with E-state index in [1.807, 2.05) is 12.1 Å². The molecular weight excluding hydrogens is 451 g/mol. The van der Waals surface area contributed by atoms with Crippen molar-refractivity contribution in [1.82, 2.24) is 25.9 Å². The molecule has 4 aliphatic rings. The Bertz CT molecular complexity index is 1320. The highest BCUT2D eigenvalue weighted by Gasteiger charge is 2.29. The number of fused-ring (bicyclic) bond motifs is 3. The normalized spacial score (nSPS) is 25.2. The molecule has 2 saturated heterocycles. The standard InChI is InChI=1S/C29H33FN6/c30-22-15-18(9-11-21(22)26-16-33-28(35-26)24-6-2-12-31-24)17-8-10-20-19(14-17)4-1-5-23-27(20)36-29(34-23)25-7-3-13-32-25/h8-11,14-15,24-26,31-32H,1-7,12-13,16H2,(H,33,35)(H,34,36)/t24-,25-,26?/m0/s1. The number of hydrogen-bond donors (Lipinski definition) is 4. The molecule has 1 aromatic heterocycles. The fraction of sp³-hybridized carbons (Fsp3) is 0.448. The van der Waals surface area contributed by atoms with E-state index in [1.165, 1.54) is 29.7 Å². The maximum atomic E-state index is 15.3. The largest absolute Gasteiger partial charge is 0.364 e. The zero-order valence-corrected chi connectivity index (χ0v) is 20.5. The molecule has 0 bridgehead atoms. The number of aromatic nitrogens is 2. The summed E-state index contributed by atoms with van der Waals surface area (Å²) >= 11 is 0. The van der Waals surface area contributed by atoms with Gasteiger partial charge in [0.15, 0.2) is 0 Å². The number of amidine groups is 1. The summed E-state index contributed by atoms with van der Waals surface area (Å²) < 4.78 is 15.3. The molecule has 0 amide bonds. The van der Waals surface area contributed by atoms with Crippen molar-refractivity contribution in [1.29, 1.82) is 0 Å². The van der Waals surface area contributed by atoms with E-state index in [1.54, 1.807) is 6.07 Å². The number of aryl methyl sites for hydroxylation is 2. The fourth-order valence-electron chi connectivity index (χ4n) is 6.34. The van der Waals surface area contributed by atoms with Gasteiger partial charge in [-0.25, -0.2) is 9.37 Å². The third-order valence-electron chi connectivity index (χ3n) is 8.29. The van der Waals surface area contributed by atoms with E-state index in [0.717, 1.165) is 73.7 Å². The minimum Gasteiger partial charge on any atom is -0.364 e. The van der Waals surface area contributed by atoms with Crippen LogP contribution in [0.3, 0.4) is 0 Å². The molecule has 7 heteroatoms. The van der Waals surface area contributed by atoms with Crippen LogP contribution < -0.4 is 16.0 Å². The SMILES string of the molecule is Fc1cc(-c2ccc3c(c2)CCCc2[nH]c([C@@H]4CCCN4)nc2-3)ccc1C1CN=C([C@@H]2CCCN2)N1. The molecule has 3 aliphatic heterocycles. The summed E-state index contributed by atoms with van der Waals surface area (Å²) in [7, 11) is 0. The lowest BCUT2D eigenvalue weighted by Gasteiger charge is -2.17. The Labute approximate surface area is 211 Å². The van der Waals surface area contributed by atoms with Gasteiger partial charge in [0.05, 0.1) is 30.4 Å². The van der Waals surface area contributed by atoms with Gasteiger partial charge in [-0.15, -0.1) is 0 Å². The molecule has 1 unspecified atom stereocenters. The van der Waals surface area contributed by atoms with E-state index in [4.69, 9.17) is 4.98 Å². The molecule has 3 atom stereocenters. The zero-order chi connectivity index (χ0) is 24.1. The lowest BCUT2D eigenvalue weighted by molar-refractivity contribution is 0.575. The number of imidazole rings is 1. The molecule has 4 heterocycles. The van der Waals surface area contributed by atoms with E-state index in [9.17, 15) is 0 Å². The Kier molecular flexibility index (Phi) is 5.62. The van der Waals surface area contributed by atoms with E-state index < -0.39 is 0 Å². The molecule has 2 fully saturated rings. The highest BCUT2D eigenvalue weighted by atomic mass is 19.1. The lowest BCUT2D eigenvalue weighted by Crippen LogP contribution is -2.39. The van der Waals surface area contributed by atoms with Gasteiger partial charge < -0.3 is 20.9 Å². The Hall–Kier alpha value is -3.03. The average molecular weight is 485 g/mol. The van der Waals surface area contributed by atoms with Crippen LogP contribution in [0.1, 0.15) is 66.8 Å². The number of rotatable bonds is 4. The fourth-order valence-corrected chi connectivity index (χ4v) is 6.34. The smallest absolute Gasteiger partial charge is 0.129 e. The molecule has 6 nitrogen and oxygen atoms in total. The van der Waals surface area contributed by atoms with Crippen molar-refractivity contribution in [2.75, 3.05) is 19.6 Å². The Morgan fingerprint density at radius 1 is 0.833 bits per heavy atom. The van der Waals surface area contributed by atoms with Gasteiger partial charge in [-0.3, -0.25) is 4.99 Å². The number of aliphatic imine (C=N–C) groups is 1. The van der Waals surface area contributed by atoms with Crippen LogP contribution in [-0.2, 0) is 12.8 Å². The van der Waals surface area contributed by atoms with Crippen molar-refractivity contribution < 1.29 is 4.39 Å². The molecule has 186 valence electrons. The van der Waals surface area contributed by atoms with Crippen molar-refractivity contribution >= 4 is 5.84 Å². The number of nitrogens with zero attached hydrogens (tertiary/aromatic N) is 2. The van der Waals surface area contributed by atoms with Gasteiger partial charge in [0.2, 0.25) is 0 Å². The average Bonchev–Trinajstić information content (AvgIpc) is 3.70. The van der Waals surface area contributed by atoms with Crippen LogP contribution in [0.25, 0.3) is 22.4 Å². The number of halogens is 1. The van der Waals surface area contributed by atoms with Gasteiger partial charge in [-0.1, -0.05) is 30.3 Å². The van der Waals surface area contributed by atoms with Crippen molar-refractivity contribution in [2.24, 2.45) is 4.99 Å². The van der Waals surface area contributed by atoms with Crippen molar-refractivity contribution in [3.8, 4) is 22.4 Å². The molecule has 0 radical (unpaired) electrons. The highest BCUT2D eigenvalue weighted by molar-refractivity contribution is 5.89. The Morgan fingerprint density at radius 3 is 2.44 bits per heavy atom. The number of aromatic amines is 1. The van der Waals surface area contributed by atoms with Crippen LogP contribution >= 0.6 is 0 Å². The summed E-state index contributed by atoms with van der Waals surface area (Å²) in [6.45, 7) is 2.68. The number of benzene rings is 2. The minimum atomic E-state index is -0.168. The quantitative estimate of drug-likeness (QED) is 0.437. The number of nitrogens with one attached hydrogen (secondary N) is 4. The maximum Gasteiger partial charge on any atom is 0.129 e. The second-order valence-corrected chi connectivity index (χ2v) is 10.6. The summed E-state index contributed by atoms with van der Waals surface area (Å²) in [6, 6.07) is 12.7. The first-order valence-corrected chi connectivity index (χ1v) is 13.5. The molecule has 0 saturated carbocycles. The molecule has 36 heavy (non-hydrogen) atoms. The third-order valence-corrected chi connectivity index (χ3v) is 8.29. The third kappa shape index (κ3) is 3.95. The molecule has 4 N–H and O–H groups in total. The van der Waals surface area contributed by atoms with E-state index >= 15 is 4.39 Å². The van der Waals surface area contributed by atoms with E-state index in [-0.39, 0.29) is 17.9 Å². The van der Waals surface area contributed by atoms with Crippen LogP contribution in [-0.4, -0.2) is 41.5 Å². The monoisotopic (exact) mass is 484 g/mol. The van der Waals surface area contributed by atoms with Crippen LogP contribution in [0.5, 0.6) is 0 Å². The van der Waals surface area contributed by atoms with Crippen molar-refractivity contribution in [3.63, 3.8) is 0 Å². The summed E-state index contributed by atoms with van der Waals surface area (Å²) in [5, 5.41) is 10.5. The molecule has 0 spiro atoms. The van der Waals surface area contributed by atoms with Gasteiger partial charge in [0, 0.05) is 16.8 Å². The summed E-state index contributed by atoms with van der Waals surface area (Å²) in [5.74, 6) is 1.89. The number of H-pyrrole nitrogens is 1. The van der Waals surface area contributed by atoms with Gasteiger partial charge in [0.25, 0.3) is 0 Å². The second kappa shape index (κ2) is 9.12. The van der Waals surface area contributed by atoms with Crippen molar-refractivity contribution in [3.05, 3.63) is 64.9 Å². The van der Waals surface area contributed by atoms with Crippen LogP contribution in [0, 0.1) is 5.82 Å². The molecule has 1 aliphatic carbocycles. The summed E-state index contributed by atoms with van der Waals surface area (Å²) in [4.78, 5) is 13.3. The summed E-state index contributed by atoms with van der Waals surface area (Å²) in [5.41, 5.74) is 7.52. The molecule has 2 aromatic carbocycles. The molecular formula is C29H33FN6. The predicted octanol–water partition coefficient (Wildman–Crippen LogP) is 4.59. The van der Waals surface area contributed by atoms with Gasteiger partial charge >= 0.3 is 0 Å². The predicted molar refractivity (Wildman–Crippen MR) is 141 cm³/mol. The maximum absolute atomic E-state index is 15.3. The first-order chi connectivity index (χ1) is 17.7. The second-order valence-electron chi connectivity index (χ2n) is 10.6. The van der Waals surface area contributed by atoms with Gasteiger partial charge in [0.1, 0.15) is 17.5 Å². The summed E-state index contributed by atoms with van der Waals surface area (Å²) in [6.07, 6.45) is 7.71. The Morgan fingerprint density at radius 2 is 1.64 bits per heavy atom. The minimum absolute atomic E-state index is 0.0925. The zero-order valence-electron chi connectivity index (χ0n) is 20.5. The lowest BCUT2D eigenvalue weighted by atomic mass is 9.95. The van der Waals surface area contributed by atoms with Crippen LogP contribution in [0.2, 0.25) is 0 Å². The first-order valence-electron chi connectivity index (χ1n) is 13.5. The van der Waals surface area contributed by atoms with Crippen molar-refractivity contribution in [2.45, 2.75) is 63.1 Å². The first kappa shape index (κ1) is 22.2.